The van der Waals surface area contributed by atoms with Crippen molar-refractivity contribution in [1.29, 1.82) is 5.26 Å². The molecule has 0 bridgehead atoms. The molecule has 2 aromatic carbocycles. The number of anilines is 2. The number of carbonyl (C=O) groups is 5. The number of fused-ring (bicyclic) bond motifs is 2. The van der Waals surface area contributed by atoms with E-state index < -0.39 is 11.9 Å². The minimum atomic E-state index is -0.678. The van der Waals surface area contributed by atoms with E-state index in [9.17, 15) is 29.2 Å². The zero-order chi connectivity index (χ0) is 48.7. The van der Waals surface area contributed by atoms with Crippen LogP contribution in [-0.4, -0.2) is 129 Å². The Hall–Kier alpha value is -6.47. The summed E-state index contributed by atoms with van der Waals surface area (Å²) >= 11 is 0. The summed E-state index contributed by atoms with van der Waals surface area (Å²) in [5, 5.41) is 26.2. The summed E-state index contributed by atoms with van der Waals surface area (Å²) < 4.78 is 0. The zero-order valence-corrected chi connectivity index (χ0v) is 40.8. The number of rotatable bonds is 10. The highest BCUT2D eigenvalue weighted by atomic mass is 16.2. The second-order valence-corrected chi connectivity index (χ2v) is 20.9. The summed E-state index contributed by atoms with van der Waals surface area (Å²) in [6.07, 6.45) is 11.3. The van der Waals surface area contributed by atoms with Gasteiger partial charge < -0.3 is 29.8 Å². The summed E-state index contributed by atoms with van der Waals surface area (Å²) in [4.78, 5) is 80.4. The zero-order valence-electron chi connectivity index (χ0n) is 40.8. The van der Waals surface area contributed by atoms with Crippen molar-refractivity contribution in [2.75, 3.05) is 69.1 Å². The Bertz CT molecular complexity index is 2740. The van der Waals surface area contributed by atoms with Crippen LogP contribution in [0, 0.1) is 42.4 Å². The minimum Gasteiger partial charge on any atom is -0.362 e. The van der Waals surface area contributed by atoms with Crippen molar-refractivity contribution in [1.82, 2.24) is 40.1 Å². The number of imide groups is 1. The number of aryl methyl sites for hydroxylation is 1. The van der Waals surface area contributed by atoms with Gasteiger partial charge in [-0.15, -0.1) is 5.10 Å². The van der Waals surface area contributed by atoms with Crippen LogP contribution in [0.15, 0.2) is 48.7 Å². The van der Waals surface area contributed by atoms with Gasteiger partial charge in [0.25, 0.3) is 11.8 Å². The average molecular weight is 948 g/mol. The Labute approximate surface area is 410 Å². The lowest BCUT2D eigenvalue weighted by Gasteiger charge is -2.47. The Morgan fingerprint density at radius 3 is 2.36 bits per heavy atom. The lowest BCUT2D eigenvalue weighted by atomic mass is 9.65. The van der Waals surface area contributed by atoms with Crippen molar-refractivity contribution in [3.8, 4) is 6.07 Å². The highest BCUT2D eigenvalue weighted by Crippen LogP contribution is 2.47. The van der Waals surface area contributed by atoms with E-state index in [-0.39, 0.29) is 47.4 Å². The highest BCUT2D eigenvalue weighted by Gasteiger charge is 2.42. The van der Waals surface area contributed by atoms with E-state index in [1.807, 2.05) is 36.2 Å². The first-order valence-corrected chi connectivity index (χ1v) is 25.5. The Morgan fingerprint density at radius 1 is 0.871 bits per heavy atom. The Balaban J connectivity index is 0.658. The molecule has 1 unspecified atom stereocenters. The molecule has 2 aromatic heterocycles. The maximum atomic E-state index is 13.9. The first kappa shape index (κ1) is 47.2. The third-order valence-electron chi connectivity index (χ3n) is 16.8. The fourth-order valence-corrected chi connectivity index (χ4v) is 12.3. The lowest BCUT2D eigenvalue weighted by Crippen LogP contribution is -2.52. The van der Waals surface area contributed by atoms with Crippen LogP contribution in [0.5, 0.6) is 0 Å². The van der Waals surface area contributed by atoms with Gasteiger partial charge in [0.15, 0.2) is 5.82 Å². The van der Waals surface area contributed by atoms with Crippen LogP contribution >= 0.6 is 0 Å². The van der Waals surface area contributed by atoms with Crippen molar-refractivity contribution < 1.29 is 24.0 Å². The van der Waals surface area contributed by atoms with Crippen LogP contribution in [-0.2, 0) is 27.3 Å². The van der Waals surface area contributed by atoms with Gasteiger partial charge in [-0.3, -0.25) is 29.3 Å². The molecule has 1 aliphatic carbocycles. The van der Waals surface area contributed by atoms with Gasteiger partial charge in [0, 0.05) is 92.8 Å². The number of piperidine rings is 3. The number of aromatic nitrogens is 3. The number of nitrogens with zero attached hydrogens (tertiary/aromatic N) is 9. The first-order valence-electron chi connectivity index (χ1n) is 25.5. The van der Waals surface area contributed by atoms with Crippen LogP contribution in [0.3, 0.4) is 0 Å². The van der Waals surface area contributed by atoms with Crippen molar-refractivity contribution in [2.24, 2.45) is 17.3 Å². The smallest absolute Gasteiger partial charge is 0.255 e. The van der Waals surface area contributed by atoms with Gasteiger partial charge >= 0.3 is 0 Å². The molecule has 6 aliphatic rings. The molecule has 10 rings (SSSR count). The van der Waals surface area contributed by atoms with Gasteiger partial charge in [-0.1, -0.05) is 24.3 Å². The third-order valence-corrected chi connectivity index (χ3v) is 16.8. The Morgan fingerprint density at radius 2 is 1.63 bits per heavy atom. The van der Waals surface area contributed by atoms with E-state index in [4.69, 9.17) is 4.98 Å². The molecule has 7 heterocycles. The number of nitrogens with one attached hydrogen (secondary N) is 2. The van der Waals surface area contributed by atoms with E-state index >= 15 is 0 Å². The van der Waals surface area contributed by atoms with Crippen LogP contribution in [0.1, 0.15) is 126 Å². The van der Waals surface area contributed by atoms with E-state index in [0.29, 0.717) is 81.5 Å². The van der Waals surface area contributed by atoms with Crippen LogP contribution in [0.25, 0.3) is 10.8 Å². The summed E-state index contributed by atoms with van der Waals surface area (Å²) in [6, 6.07) is 15.1. The van der Waals surface area contributed by atoms with E-state index in [0.717, 1.165) is 89.9 Å². The molecule has 1 saturated carbocycles. The SMILES string of the molecule is Cc1c(CC#N)cccc1[C@@H](C)Nc1nnc(C)c2cnc(N3CCN(C(=O)C4CCN(CC5CCC6(CC5)CCN(C(=O)c5ccc7c(c5)C(=O)N(C5CCC(=O)NC5=O)C7)CC6)CC4)CC3)cc12. The number of hydrogen-bond donors (Lipinski definition) is 2. The number of hydrogen-bond acceptors (Lipinski definition) is 12. The van der Waals surface area contributed by atoms with Gasteiger partial charge in [-0.05, 0) is 143 Å². The van der Waals surface area contributed by atoms with Gasteiger partial charge in [-0.2, -0.15) is 10.4 Å². The van der Waals surface area contributed by atoms with Crippen LogP contribution in [0.2, 0.25) is 0 Å². The van der Waals surface area contributed by atoms with E-state index in [2.05, 4.69) is 67.6 Å². The summed E-state index contributed by atoms with van der Waals surface area (Å²) in [7, 11) is 0. The summed E-state index contributed by atoms with van der Waals surface area (Å²) in [5.41, 5.74) is 6.12. The van der Waals surface area contributed by atoms with E-state index in [1.54, 1.807) is 12.1 Å². The molecule has 16 nitrogen and oxygen atoms in total. The molecule has 16 heteroatoms. The summed E-state index contributed by atoms with van der Waals surface area (Å²) in [6.45, 7) is 13.6. The van der Waals surface area contributed by atoms with Crippen LogP contribution in [0.4, 0.5) is 11.6 Å². The predicted octanol–water partition coefficient (Wildman–Crippen LogP) is 6.12. The molecular weight excluding hydrogens is 883 g/mol. The number of nitriles is 1. The molecule has 4 saturated heterocycles. The number of piperazine rings is 1. The average Bonchev–Trinajstić information content (AvgIpc) is 3.70. The second-order valence-electron chi connectivity index (χ2n) is 20.9. The fourth-order valence-electron chi connectivity index (χ4n) is 12.3. The molecule has 2 N–H and O–H groups in total. The number of amides is 5. The summed E-state index contributed by atoms with van der Waals surface area (Å²) in [5.74, 6) is 1.51. The van der Waals surface area contributed by atoms with Crippen molar-refractivity contribution in [2.45, 2.75) is 110 Å². The predicted molar refractivity (Wildman–Crippen MR) is 265 cm³/mol. The molecule has 5 amide bonds. The van der Waals surface area contributed by atoms with Gasteiger partial charge in [-0.25, -0.2) is 4.98 Å². The lowest BCUT2D eigenvalue weighted by molar-refractivity contribution is -0.138. The van der Waals surface area contributed by atoms with Gasteiger partial charge in [0.05, 0.1) is 24.2 Å². The van der Waals surface area contributed by atoms with E-state index in [1.165, 1.54) is 30.6 Å². The molecule has 2 atom stereocenters. The molecule has 366 valence electrons. The highest BCUT2D eigenvalue weighted by molar-refractivity contribution is 6.06. The van der Waals surface area contributed by atoms with Crippen molar-refractivity contribution in [3.05, 3.63) is 87.7 Å². The monoisotopic (exact) mass is 948 g/mol. The Kier molecular flexibility index (Phi) is 13.3. The van der Waals surface area contributed by atoms with Gasteiger partial charge in [0.1, 0.15) is 11.9 Å². The fraction of sp³-hybridized carbons (Fsp3) is 0.537. The maximum absolute atomic E-state index is 13.9. The van der Waals surface area contributed by atoms with Gasteiger partial charge in [0.2, 0.25) is 17.7 Å². The molecule has 1 spiro atoms. The number of carbonyl (C=O) groups excluding carboxylic acids is 5. The maximum Gasteiger partial charge on any atom is 0.255 e. The molecule has 70 heavy (non-hydrogen) atoms. The molecule has 5 fully saturated rings. The standard InChI is InChI=1S/C54H65N11O5/c1-34-38(13-20-55)5-4-6-42(34)35(2)57-49-44-30-47(56-31-45(44)36(3)59-60-49)62-25-27-64(28-26-62)51(68)39-14-21-61(22-15-39)32-37-11-16-54(17-12-37)18-23-63(24-19-54)52(69)40-7-8-41-33-65(53(70)43(41)29-40)46-9-10-48(66)58-50(46)67/h4-8,29-31,35,37,39,46H,9-19,21-28,32-33H2,1-3H3,(H,57,60)(H,58,66,67)/t35-,46?/m1/s1. The number of benzene rings is 2. The topological polar surface area (TPSA) is 188 Å². The minimum absolute atomic E-state index is 0.0479. The quantitative estimate of drug-likeness (QED) is 0.174. The normalized spacial score (nSPS) is 21.7. The van der Waals surface area contributed by atoms with Crippen molar-refractivity contribution >= 4 is 51.9 Å². The molecule has 4 aromatic rings. The van der Waals surface area contributed by atoms with Crippen LogP contribution < -0.4 is 15.5 Å². The molecule has 5 aliphatic heterocycles. The third kappa shape index (κ3) is 9.44. The molecular formula is C54H65N11O5. The number of pyridine rings is 1. The molecule has 0 radical (unpaired) electrons. The van der Waals surface area contributed by atoms with Crippen molar-refractivity contribution in [3.63, 3.8) is 0 Å². The number of likely N-dealkylation sites (tertiary alicyclic amines) is 2. The first-order chi connectivity index (χ1) is 33.9. The largest absolute Gasteiger partial charge is 0.362 e. The second kappa shape index (κ2) is 19.7.